The monoisotopic (exact) mass is 330 g/mol. The summed E-state index contributed by atoms with van der Waals surface area (Å²) in [6.45, 7) is 2.85. The molecule has 0 bridgehead atoms. The van der Waals surface area contributed by atoms with Crippen LogP contribution in [0.3, 0.4) is 0 Å². The molecule has 0 amide bonds. The number of hydrogen-bond donors (Lipinski definition) is 1. The first-order valence-corrected chi connectivity index (χ1v) is 8.69. The van der Waals surface area contributed by atoms with Gasteiger partial charge in [-0.3, -0.25) is 14.8 Å². The second-order valence-electron chi connectivity index (χ2n) is 4.52. The maximum atomic E-state index is 11.5. The molecule has 0 saturated carbocycles. The van der Waals surface area contributed by atoms with Gasteiger partial charge < -0.3 is 5.32 Å². The van der Waals surface area contributed by atoms with Crippen LogP contribution in [0.15, 0.2) is 22.7 Å². The Morgan fingerprint density at radius 1 is 1.52 bits per heavy atom. The van der Waals surface area contributed by atoms with Gasteiger partial charge in [0.15, 0.2) is 14.8 Å². The second-order valence-corrected chi connectivity index (χ2v) is 7.81. The predicted molar refractivity (Wildman–Crippen MR) is 79.5 cm³/mol. The third-order valence-electron chi connectivity index (χ3n) is 2.64. The number of anilines is 1. The highest BCUT2D eigenvalue weighted by Crippen LogP contribution is 2.36. The maximum Gasteiger partial charge on any atom is 0.304 e. The lowest BCUT2D eigenvalue weighted by Gasteiger charge is -2.03. The molecule has 0 saturated heterocycles. The Bertz CT molecular complexity index is 763. The molecule has 0 aliphatic carbocycles. The van der Waals surface area contributed by atoms with Crippen molar-refractivity contribution < 1.29 is 13.3 Å². The zero-order valence-corrected chi connectivity index (χ0v) is 13.1. The van der Waals surface area contributed by atoms with E-state index in [1.165, 1.54) is 0 Å². The molecular formula is C11H14N4O4S2. The lowest BCUT2D eigenvalue weighted by molar-refractivity contribution is -0.383. The largest absolute Gasteiger partial charge is 0.369 e. The third kappa shape index (κ3) is 3.79. The Balaban J connectivity index is 2.11. The van der Waals surface area contributed by atoms with E-state index in [-0.39, 0.29) is 14.9 Å². The summed E-state index contributed by atoms with van der Waals surface area (Å²) in [6, 6.07) is 1.08. The number of nitrogens with zero attached hydrogens (tertiary/aromatic N) is 3. The van der Waals surface area contributed by atoms with E-state index < -0.39 is 14.8 Å². The Morgan fingerprint density at radius 3 is 2.76 bits per heavy atom. The molecule has 2 aromatic rings. The average molecular weight is 330 g/mol. The van der Waals surface area contributed by atoms with Gasteiger partial charge in [0.1, 0.15) is 4.21 Å². The van der Waals surface area contributed by atoms with Gasteiger partial charge in [-0.25, -0.2) is 8.42 Å². The maximum absolute atomic E-state index is 11.5. The number of aryl methyl sites for hydroxylation is 1. The molecule has 0 aliphatic rings. The van der Waals surface area contributed by atoms with Gasteiger partial charge >= 0.3 is 5.69 Å². The van der Waals surface area contributed by atoms with Crippen molar-refractivity contribution in [1.29, 1.82) is 0 Å². The van der Waals surface area contributed by atoms with Gasteiger partial charge in [-0.2, -0.15) is 5.10 Å². The molecule has 0 radical (unpaired) electrons. The Morgan fingerprint density at radius 2 is 2.24 bits per heavy atom. The van der Waals surface area contributed by atoms with Gasteiger partial charge in [-0.1, -0.05) is 11.3 Å². The topological polar surface area (TPSA) is 107 Å². The van der Waals surface area contributed by atoms with Crippen molar-refractivity contribution in [3.8, 4) is 0 Å². The molecule has 10 heteroatoms. The Hall–Kier alpha value is -1.94. The highest BCUT2D eigenvalue weighted by Gasteiger charge is 2.23. The molecule has 8 nitrogen and oxygen atoms in total. The van der Waals surface area contributed by atoms with E-state index in [1.807, 2.05) is 13.1 Å². The first-order valence-electron chi connectivity index (χ1n) is 5.98. The molecule has 0 unspecified atom stereocenters. The van der Waals surface area contributed by atoms with E-state index in [4.69, 9.17) is 0 Å². The van der Waals surface area contributed by atoms with Crippen molar-refractivity contribution in [1.82, 2.24) is 9.78 Å². The van der Waals surface area contributed by atoms with Gasteiger partial charge in [-0.05, 0) is 12.5 Å². The highest BCUT2D eigenvalue weighted by molar-refractivity contribution is 7.92. The van der Waals surface area contributed by atoms with Crippen LogP contribution >= 0.6 is 11.3 Å². The van der Waals surface area contributed by atoms with Crippen molar-refractivity contribution in [3.63, 3.8) is 0 Å². The number of thiophene rings is 1. The molecule has 2 rings (SSSR count). The molecule has 21 heavy (non-hydrogen) atoms. The minimum atomic E-state index is -3.46. The van der Waals surface area contributed by atoms with Crippen LogP contribution in [-0.2, 0) is 16.4 Å². The first-order chi connectivity index (χ1) is 9.77. The van der Waals surface area contributed by atoms with Gasteiger partial charge in [0.25, 0.3) is 0 Å². The van der Waals surface area contributed by atoms with Crippen molar-refractivity contribution in [3.05, 3.63) is 34.1 Å². The summed E-state index contributed by atoms with van der Waals surface area (Å²) in [6.07, 6.45) is 4.60. The smallest absolute Gasteiger partial charge is 0.304 e. The lowest BCUT2D eigenvalue weighted by Crippen LogP contribution is -2.10. The number of rotatable bonds is 6. The number of nitro groups is 1. The van der Waals surface area contributed by atoms with E-state index in [9.17, 15) is 18.5 Å². The Kier molecular flexibility index (Phi) is 4.28. The minimum absolute atomic E-state index is 0.0216. The summed E-state index contributed by atoms with van der Waals surface area (Å²) in [5, 5.41) is 18.2. The fourth-order valence-electron chi connectivity index (χ4n) is 1.68. The highest BCUT2D eigenvalue weighted by atomic mass is 32.2. The van der Waals surface area contributed by atoms with Gasteiger partial charge in [0.05, 0.1) is 17.7 Å². The SMILES string of the molecule is Cc1cnn(CCNc2sc(S(C)(=O)=O)cc2[N+](=O)[O-])c1. The molecule has 2 aromatic heterocycles. The lowest BCUT2D eigenvalue weighted by atomic mass is 10.4. The summed E-state index contributed by atoms with van der Waals surface area (Å²) >= 11 is 0.865. The number of aromatic nitrogens is 2. The fourth-order valence-corrected chi connectivity index (χ4v) is 3.64. The normalized spacial score (nSPS) is 11.5. The van der Waals surface area contributed by atoms with Crippen molar-refractivity contribution in [2.24, 2.45) is 0 Å². The average Bonchev–Trinajstić information content (AvgIpc) is 2.95. The van der Waals surface area contributed by atoms with E-state index in [1.54, 1.807) is 10.9 Å². The van der Waals surface area contributed by atoms with Crippen LogP contribution in [-0.4, -0.2) is 35.9 Å². The van der Waals surface area contributed by atoms with Crippen LogP contribution in [0.25, 0.3) is 0 Å². The molecule has 0 atom stereocenters. The second kappa shape index (κ2) is 5.82. The summed E-state index contributed by atoms with van der Waals surface area (Å²) in [4.78, 5) is 10.4. The van der Waals surface area contributed by atoms with Crippen LogP contribution in [0.5, 0.6) is 0 Å². The zero-order valence-electron chi connectivity index (χ0n) is 11.4. The zero-order chi connectivity index (χ0) is 15.6. The minimum Gasteiger partial charge on any atom is -0.369 e. The first kappa shape index (κ1) is 15.4. The number of nitrogens with one attached hydrogen (secondary N) is 1. The third-order valence-corrected chi connectivity index (χ3v) is 5.52. The van der Waals surface area contributed by atoms with Crippen molar-refractivity contribution >= 4 is 31.9 Å². The molecule has 0 spiro atoms. The van der Waals surface area contributed by atoms with Crippen LogP contribution in [0.4, 0.5) is 10.7 Å². The summed E-state index contributed by atoms with van der Waals surface area (Å²) in [5.74, 6) is 0. The van der Waals surface area contributed by atoms with E-state index in [0.717, 1.165) is 29.2 Å². The molecular weight excluding hydrogens is 316 g/mol. The molecule has 1 N–H and O–H groups in total. The van der Waals surface area contributed by atoms with E-state index in [0.29, 0.717) is 13.1 Å². The van der Waals surface area contributed by atoms with Gasteiger partial charge in [0.2, 0.25) is 0 Å². The number of hydrogen-bond acceptors (Lipinski definition) is 7. The summed E-state index contributed by atoms with van der Waals surface area (Å²) in [7, 11) is -3.46. The van der Waals surface area contributed by atoms with E-state index in [2.05, 4.69) is 10.4 Å². The standard InChI is InChI=1S/C11H14N4O4S2/c1-8-6-13-14(7-8)4-3-12-11-9(15(16)17)5-10(20-11)21(2,18)19/h5-7,12H,3-4H2,1-2H3. The van der Waals surface area contributed by atoms with Crippen LogP contribution in [0, 0.1) is 17.0 Å². The predicted octanol–water partition coefficient (Wildman–Crippen LogP) is 1.68. The summed E-state index contributed by atoms with van der Waals surface area (Å²) < 4.78 is 24.6. The van der Waals surface area contributed by atoms with Gasteiger partial charge in [0, 0.05) is 25.1 Å². The molecule has 0 aromatic carbocycles. The van der Waals surface area contributed by atoms with Crippen molar-refractivity contribution in [2.75, 3.05) is 18.1 Å². The van der Waals surface area contributed by atoms with Crippen LogP contribution < -0.4 is 5.32 Å². The number of sulfone groups is 1. The van der Waals surface area contributed by atoms with Gasteiger partial charge in [-0.15, -0.1) is 0 Å². The van der Waals surface area contributed by atoms with Crippen LogP contribution in [0.2, 0.25) is 0 Å². The van der Waals surface area contributed by atoms with Crippen LogP contribution in [0.1, 0.15) is 5.56 Å². The van der Waals surface area contributed by atoms with Crippen molar-refractivity contribution in [2.45, 2.75) is 17.7 Å². The Labute approximate surface area is 125 Å². The molecule has 0 aliphatic heterocycles. The summed E-state index contributed by atoms with van der Waals surface area (Å²) in [5.41, 5.74) is 0.800. The van der Waals surface area contributed by atoms with E-state index >= 15 is 0 Å². The molecule has 0 fully saturated rings. The molecule has 2 heterocycles. The molecule has 114 valence electrons. The quantitative estimate of drug-likeness (QED) is 0.638. The fraction of sp³-hybridized carbons (Fsp3) is 0.364.